The second kappa shape index (κ2) is 8.08. The number of methoxy groups -OCH3 is 1. The highest BCUT2D eigenvalue weighted by Crippen LogP contribution is 2.27. The highest BCUT2D eigenvalue weighted by molar-refractivity contribution is 5.95. The van der Waals surface area contributed by atoms with Gasteiger partial charge in [-0.3, -0.25) is 14.9 Å². The maximum atomic E-state index is 11.8. The molecule has 0 heterocycles. The molecule has 0 atom stereocenters. The van der Waals surface area contributed by atoms with Crippen molar-refractivity contribution >= 4 is 11.6 Å². The Morgan fingerprint density at radius 2 is 2.20 bits per heavy atom. The van der Waals surface area contributed by atoms with Crippen molar-refractivity contribution in [1.29, 1.82) is 0 Å². The van der Waals surface area contributed by atoms with Crippen LogP contribution in [0.5, 0.6) is 5.75 Å². The monoisotopic (exact) mass is 283 g/mol. The Morgan fingerprint density at radius 1 is 1.45 bits per heavy atom. The van der Waals surface area contributed by atoms with E-state index in [9.17, 15) is 14.9 Å². The van der Waals surface area contributed by atoms with Gasteiger partial charge in [-0.05, 0) is 12.1 Å². The van der Waals surface area contributed by atoms with Gasteiger partial charge in [-0.15, -0.1) is 0 Å². The van der Waals surface area contributed by atoms with Crippen LogP contribution in [0.4, 0.5) is 5.69 Å². The van der Waals surface area contributed by atoms with Crippen molar-refractivity contribution < 1.29 is 19.2 Å². The Hall–Kier alpha value is -2.19. The molecule has 1 aromatic rings. The first-order chi connectivity index (χ1) is 9.60. The molecule has 1 rings (SSSR count). The highest BCUT2D eigenvalue weighted by atomic mass is 16.6. The molecule has 8 nitrogen and oxygen atoms in total. The summed E-state index contributed by atoms with van der Waals surface area (Å²) in [6.45, 7) is 1.47. The van der Waals surface area contributed by atoms with Crippen molar-refractivity contribution in [3.63, 3.8) is 0 Å². The van der Waals surface area contributed by atoms with Gasteiger partial charge in [0.25, 0.3) is 5.91 Å². The molecule has 0 spiro atoms. The van der Waals surface area contributed by atoms with Gasteiger partial charge in [0.1, 0.15) is 0 Å². The van der Waals surface area contributed by atoms with Gasteiger partial charge in [0.15, 0.2) is 5.75 Å². The van der Waals surface area contributed by atoms with E-state index in [0.717, 1.165) is 0 Å². The van der Waals surface area contributed by atoms with Crippen molar-refractivity contribution in [2.75, 3.05) is 33.4 Å². The Labute approximate surface area is 116 Å². The summed E-state index contributed by atoms with van der Waals surface area (Å²) in [6, 6.07) is 4.02. The summed E-state index contributed by atoms with van der Waals surface area (Å²) < 4.78 is 9.96. The fraction of sp³-hybridized carbons (Fsp3) is 0.417. The number of nitrogens with one attached hydrogen (secondary N) is 1. The number of nitro benzene ring substituents is 1. The molecule has 0 bridgehead atoms. The van der Waals surface area contributed by atoms with Crippen LogP contribution in [0.3, 0.4) is 0 Å². The van der Waals surface area contributed by atoms with Crippen LogP contribution in [0.1, 0.15) is 10.4 Å². The Balaban J connectivity index is 2.64. The lowest BCUT2D eigenvalue weighted by Crippen LogP contribution is -2.27. The molecule has 0 aliphatic carbocycles. The van der Waals surface area contributed by atoms with Gasteiger partial charge in [0, 0.05) is 24.7 Å². The van der Waals surface area contributed by atoms with Gasteiger partial charge in [-0.25, -0.2) is 0 Å². The standard InChI is InChI=1S/C12H17N3O5/c1-19-11-3-2-9(8-10(11)15(17)18)12(16)14-5-7-20-6-4-13/h2-3,8H,4-7,13H2,1H3,(H,14,16). The summed E-state index contributed by atoms with van der Waals surface area (Å²) in [6.07, 6.45) is 0. The number of amides is 1. The third kappa shape index (κ3) is 4.48. The van der Waals surface area contributed by atoms with Gasteiger partial charge in [0.05, 0.1) is 25.2 Å². The first-order valence-electron chi connectivity index (χ1n) is 5.98. The summed E-state index contributed by atoms with van der Waals surface area (Å²) in [5.74, 6) is -0.301. The van der Waals surface area contributed by atoms with Crippen LogP contribution in [0.25, 0.3) is 0 Å². The summed E-state index contributed by atoms with van der Waals surface area (Å²) >= 11 is 0. The number of benzene rings is 1. The maximum absolute atomic E-state index is 11.8. The number of carbonyl (C=O) groups excluding carboxylic acids is 1. The number of rotatable bonds is 8. The Bertz CT molecular complexity index is 478. The van der Waals surface area contributed by atoms with Crippen LogP contribution in [0, 0.1) is 10.1 Å². The fourth-order valence-electron chi connectivity index (χ4n) is 1.50. The van der Waals surface area contributed by atoms with Gasteiger partial charge < -0.3 is 20.5 Å². The number of carbonyl (C=O) groups is 1. The lowest BCUT2D eigenvalue weighted by atomic mass is 10.1. The molecule has 20 heavy (non-hydrogen) atoms. The minimum atomic E-state index is -0.597. The average molecular weight is 283 g/mol. The topological polar surface area (TPSA) is 117 Å². The van der Waals surface area contributed by atoms with Crippen molar-refractivity contribution in [1.82, 2.24) is 5.32 Å². The molecule has 1 amide bonds. The van der Waals surface area contributed by atoms with E-state index < -0.39 is 10.8 Å². The molecule has 0 aromatic heterocycles. The predicted molar refractivity (Wildman–Crippen MR) is 71.9 cm³/mol. The molecule has 0 saturated carbocycles. The molecule has 3 N–H and O–H groups in total. The third-order valence-corrected chi connectivity index (χ3v) is 2.43. The lowest BCUT2D eigenvalue weighted by molar-refractivity contribution is -0.385. The van der Waals surface area contributed by atoms with E-state index in [4.69, 9.17) is 15.2 Å². The summed E-state index contributed by atoms with van der Waals surface area (Å²) in [4.78, 5) is 22.0. The van der Waals surface area contributed by atoms with Gasteiger partial charge >= 0.3 is 5.69 Å². The quantitative estimate of drug-likeness (QED) is 0.403. The number of nitrogens with zero attached hydrogens (tertiary/aromatic N) is 1. The number of nitro groups is 1. The Kier molecular flexibility index (Phi) is 6.41. The highest BCUT2D eigenvalue weighted by Gasteiger charge is 2.17. The van der Waals surface area contributed by atoms with Crippen molar-refractivity contribution in [3.8, 4) is 5.75 Å². The van der Waals surface area contributed by atoms with Crippen molar-refractivity contribution in [2.24, 2.45) is 5.73 Å². The van der Waals surface area contributed by atoms with Gasteiger partial charge in [-0.2, -0.15) is 0 Å². The molecule has 0 fully saturated rings. The van der Waals surface area contributed by atoms with Crippen LogP contribution in [-0.4, -0.2) is 44.2 Å². The van der Waals surface area contributed by atoms with E-state index in [1.54, 1.807) is 0 Å². The van der Waals surface area contributed by atoms with Crippen LogP contribution < -0.4 is 15.8 Å². The zero-order valence-corrected chi connectivity index (χ0v) is 11.1. The van der Waals surface area contributed by atoms with E-state index >= 15 is 0 Å². The summed E-state index contributed by atoms with van der Waals surface area (Å²) in [5.41, 5.74) is 5.19. The van der Waals surface area contributed by atoms with E-state index in [1.165, 1.54) is 25.3 Å². The molecule has 0 unspecified atom stereocenters. The number of hydrogen-bond acceptors (Lipinski definition) is 6. The lowest BCUT2D eigenvalue weighted by Gasteiger charge is -2.07. The molecule has 110 valence electrons. The smallest absolute Gasteiger partial charge is 0.311 e. The molecule has 1 aromatic carbocycles. The zero-order chi connectivity index (χ0) is 15.0. The van der Waals surface area contributed by atoms with Crippen LogP contribution >= 0.6 is 0 Å². The first-order valence-corrected chi connectivity index (χ1v) is 5.98. The molecular formula is C12H17N3O5. The minimum Gasteiger partial charge on any atom is -0.490 e. The van der Waals surface area contributed by atoms with E-state index in [1.807, 2.05) is 0 Å². The molecule has 0 aliphatic rings. The van der Waals surface area contributed by atoms with Crippen molar-refractivity contribution in [2.45, 2.75) is 0 Å². The number of ether oxygens (including phenoxy) is 2. The van der Waals surface area contributed by atoms with E-state index in [2.05, 4.69) is 5.32 Å². The Morgan fingerprint density at radius 3 is 2.80 bits per heavy atom. The largest absolute Gasteiger partial charge is 0.490 e. The molecule has 0 aliphatic heterocycles. The predicted octanol–water partition coefficient (Wildman–Crippen LogP) is 0.309. The van der Waals surface area contributed by atoms with Gasteiger partial charge in [-0.1, -0.05) is 0 Å². The average Bonchev–Trinajstić information content (AvgIpc) is 2.46. The number of hydrogen-bond donors (Lipinski definition) is 2. The van der Waals surface area contributed by atoms with E-state index in [0.29, 0.717) is 26.3 Å². The van der Waals surface area contributed by atoms with Crippen LogP contribution in [-0.2, 0) is 4.74 Å². The second-order valence-electron chi connectivity index (χ2n) is 3.80. The maximum Gasteiger partial charge on any atom is 0.311 e. The second-order valence-corrected chi connectivity index (χ2v) is 3.80. The zero-order valence-electron chi connectivity index (χ0n) is 11.1. The molecule has 0 radical (unpaired) electrons. The summed E-state index contributed by atoms with van der Waals surface area (Å²) in [7, 11) is 1.33. The first kappa shape index (κ1) is 15.9. The minimum absolute atomic E-state index is 0.109. The molecule has 8 heteroatoms. The normalized spacial score (nSPS) is 10.1. The third-order valence-electron chi connectivity index (χ3n) is 2.43. The van der Waals surface area contributed by atoms with E-state index in [-0.39, 0.29) is 17.0 Å². The van der Waals surface area contributed by atoms with Crippen molar-refractivity contribution in [3.05, 3.63) is 33.9 Å². The molecule has 0 saturated heterocycles. The van der Waals surface area contributed by atoms with Crippen LogP contribution in [0.15, 0.2) is 18.2 Å². The number of nitrogens with two attached hydrogens (primary N) is 1. The van der Waals surface area contributed by atoms with Crippen LogP contribution in [0.2, 0.25) is 0 Å². The fourth-order valence-corrected chi connectivity index (χ4v) is 1.50. The summed E-state index contributed by atoms with van der Waals surface area (Å²) in [5, 5.41) is 13.4. The molecular weight excluding hydrogens is 266 g/mol. The van der Waals surface area contributed by atoms with Gasteiger partial charge in [0.2, 0.25) is 0 Å². The SMILES string of the molecule is COc1ccc(C(=O)NCCOCCN)cc1[N+](=O)[O-].